The van der Waals surface area contributed by atoms with Crippen LogP contribution in [0.5, 0.6) is 0 Å². The van der Waals surface area contributed by atoms with E-state index in [2.05, 4.69) is 10.3 Å². The second kappa shape index (κ2) is 9.93. The van der Waals surface area contributed by atoms with Crippen molar-refractivity contribution in [1.29, 1.82) is 0 Å². The molecule has 0 saturated carbocycles. The zero-order valence-electron chi connectivity index (χ0n) is 19.8. The highest BCUT2D eigenvalue weighted by molar-refractivity contribution is 6.07. The normalized spacial score (nSPS) is 24.9. The van der Waals surface area contributed by atoms with Crippen LogP contribution in [0.1, 0.15) is 36.8 Å². The van der Waals surface area contributed by atoms with Crippen molar-refractivity contribution in [3.63, 3.8) is 0 Å². The van der Waals surface area contributed by atoms with Gasteiger partial charge in [0, 0.05) is 43.2 Å². The van der Waals surface area contributed by atoms with Gasteiger partial charge in [0.1, 0.15) is 11.6 Å². The summed E-state index contributed by atoms with van der Waals surface area (Å²) in [7, 11) is 0. The molecule has 0 bridgehead atoms. The second-order valence-corrected chi connectivity index (χ2v) is 9.60. The predicted octanol–water partition coefficient (Wildman–Crippen LogP) is 2.77. The summed E-state index contributed by atoms with van der Waals surface area (Å²) in [5, 5.41) is 2.97. The van der Waals surface area contributed by atoms with Gasteiger partial charge in [-0.05, 0) is 55.9 Å². The molecular weight excluding hydrogens is 470 g/mol. The van der Waals surface area contributed by atoms with Gasteiger partial charge in [0.25, 0.3) is 5.91 Å². The third-order valence-corrected chi connectivity index (χ3v) is 7.47. The number of aromatic nitrogens is 1. The minimum absolute atomic E-state index is 0.0111. The first-order valence-electron chi connectivity index (χ1n) is 12.3. The molecule has 36 heavy (non-hydrogen) atoms. The summed E-state index contributed by atoms with van der Waals surface area (Å²) < 4.78 is 33.2. The summed E-state index contributed by atoms with van der Waals surface area (Å²) in [6.07, 6.45) is 5.38. The van der Waals surface area contributed by atoms with E-state index in [1.807, 2.05) is 0 Å². The lowest BCUT2D eigenvalue weighted by Crippen LogP contribution is -2.54. The van der Waals surface area contributed by atoms with Gasteiger partial charge in [-0.2, -0.15) is 0 Å². The van der Waals surface area contributed by atoms with Gasteiger partial charge in [0.15, 0.2) is 5.54 Å². The molecule has 4 amide bonds. The molecule has 1 aromatic heterocycles. The highest BCUT2D eigenvalue weighted by atomic mass is 19.1. The van der Waals surface area contributed by atoms with E-state index in [0.29, 0.717) is 38.1 Å². The van der Waals surface area contributed by atoms with Crippen LogP contribution >= 0.6 is 0 Å². The van der Waals surface area contributed by atoms with Crippen LogP contribution in [0.25, 0.3) is 0 Å². The van der Waals surface area contributed by atoms with Crippen LogP contribution in [0, 0.1) is 17.6 Å². The zero-order valence-corrected chi connectivity index (χ0v) is 19.8. The van der Waals surface area contributed by atoms with E-state index in [-0.39, 0.29) is 42.4 Å². The van der Waals surface area contributed by atoms with Gasteiger partial charge in [0.2, 0.25) is 5.91 Å². The Kier molecular flexibility index (Phi) is 6.70. The number of benzene rings is 1. The molecule has 4 heterocycles. The van der Waals surface area contributed by atoms with Crippen molar-refractivity contribution in [3.8, 4) is 0 Å². The van der Waals surface area contributed by atoms with Gasteiger partial charge in [0.05, 0.1) is 19.1 Å². The predicted molar refractivity (Wildman–Crippen MR) is 124 cm³/mol. The highest BCUT2D eigenvalue weighted by Gasteiger charge is 2.57. The summed E-state index contributed by atoms with van der Waals surface area (Å²) in [6.45, 7) is 1.48. The fourth-order valence-corrected chi connectivity index (χ4v) is 5.57. The topological polar surface area (TPSA) is 91.8 Å². The first-order chi connectivity index (χ1) is 17.4. The van der Waals surface area contributed by atoms with Crippen molar-refractivity contribution < 1.29 is 27.9 Å². The van der Waals surface area contributed by atoms with Crippen LogP contribution in [0.3, 0.4) is 0 Å². The minimum Gasteiger partial charge on any atom is -0.376 e. The Balaban J connectivity index is 1.33. The van der Waals surface area contributed by atoms with Crippen molar-refractivity contribution in [2.45, 2.75) is 43.7 Å². The van der Waals surface area contributed by atoms with Crippen LogP contribution in [0.4, 0.5) is 13.6 Å². The molecule has 0 unspecified atom stereocenters. The van der Waals surface area contributed by atoms with E-state index in [9.17, 15) is 23.2 Å². The molecule has 10 heteroatoms. The molecule has 3 fully saturated rings. The molecule has 5 rings (SSSR count). The SMILES string of the molecule is O=C(Cc1cc(F)ccc1F)N1CCC([C@]2(c3cccnc3)NC(=O)N(C[C@H]3CCCO3)C2=O)CC1. The molecule has 1 aromatic carbocycles. The molecule has 2 aromatic rings. The van der Waals surface area contributed by atoms with Gasteiger partial charge in [-0.15, -0.1) is 0 Å². The first kappa shape index (κ1) is 24.3. The number of piperidine rings is 1. The molecule has 3 aliphatic rings. The number of carbonyl (C=O) groups is 3. The van der Waals surface area contributed by atoms with E-state index in [0.717, 1.165) is 31.0 Å². The quantitative estimate of drug-likeness (QED) is 0.619. The van der Waals surface area contributed by atoms with E-state index in [1.165, 1.54) is 4.90 Å². The lowest BCUT2D eigenvalue weighted by atomic mass is 9.73. The van der Waals surface area contributed by atoms with E-state index < -0.39 is 23.2 Å². The smallest absolute Gasteiger partial charge is 0.325 e. The standard InChI is InChI=1S/C26H28F2N4O4/c27-20-5-6-22(28)17(13-20)14-23(33)31-10-7-18(8-11-31)26(19-3-1-9-29-15-19)24(34)32(25(35)30-26)16-21-4-2-12-36-21/h1,3,5-6,9,13,15,18,21H,2,4,7-8,10-12,14,16H2,(H,30,35)/t21-,26-/m1/s1. The van der Waals surface area contributed by atoms with E-state index >= 15 is 0 Å². The number of hydrogen-bond donors (Lipinski definition) is 1. The van der Waals surface area contributed by atoms with Gasteiger partial charge in [-0.25, -0.2) is 13.6 Å². The Hall–Kier alpha value is -3.40. The maximum atomic E-state index is 14.0. The third-order valence-electron chi connectivity index (χ3n) is 7.47. The maximum Gasteiger partial charge on any atom is 0.325 e. The number of pyridine rings is 1. The lowest BCUT2D eigenvalue weighted by molar-refractivity contribution is -0.137. The van der Waals surface area contributed by atoms with Crippen LogP contribution in [-0.2, 0) is 26.3 Å². The molecule has 0 radical (unpaired) electrons. The zero-order chi connectivity index (χ0) is 25.3. The van der Waals surface area contributed by atoms with Crippen LogP contribution < -0.4 is 5.32 Å². The molecule has 1 N–H and O–H groups in total. The maximum absolute atomic E-state index is 14.0. The van der Waals surface area contributed by atoms with Crippen molar-refractivity contribution >= 4 is 17.8 Å². The fraction of sp³-hybridized carbons (Fsp3) is 0.462. The number of halogens is 2. The summed E-state index contributed by atoms with van der Waals surface area (Å²) in [4.78, 5) is 46.7. The van der Waals surface area contributed by atoms with Crippen molar-refractivity contribution in [1.82, 2.24) is 20.1 Å². The highest BCUT2D eigenvalue weighted by Crippen LogP contribution is 2.41. The van der Waals surface area contributed by atoms with Crippen LogP contribution in [0.15, 0.2) is 42.7 Å². The Morgan fingerprint density at radius 1 is 1.17 bits per heavy atom. The van der Waals surface area contributed by atoms with Gasteiger partial charge < -0.3 is 15.0 Å². The molecule has 2 atom stereocenters. The largest absolute Gasteiger partial charge is 0.376 e. The van der Waals surface area contributed by atoms with Gasteiger partial charge in [-0.1, -0.05) is 6.07 Å². The minimum atomic E-state index is -1.28. The number of carbonyl (C=O) groups excluding carboxylic acids is 3. The fourth-order valence-electron chi connectivity index (χ4n) is 5.57. The Morgan fingerprint density at radius 3 is 2.67 bits per heavy atom. The molecule has 8 nitrogen and oxygen atoms in total. The Bertz CT molecular complexity index is 1150. The monoisotopic (exact) mass is 498 g/mol. The number of nitrogens with zero attached hydrogens (tertiary/aromatic N) is 3. The summed E-state index contributed by atoms with van der Waals surface area (Å²) in [5.74, 6) is -2.14. The lowest BCUT2D eigenvalue weighted by Gasteiger charge is -2.41. The number of imide groups is 1. The number of likely N-dealkylation sites (tertiary alicyclic amines) is 1. The number of amides is 4. The molecule has 190 valence electrons. The van der Waals surface area contributed by atoms with Crippen LogP contribution in [-0.4, -0.2) is 65.0 Å². The van der Waals surface area contributed by atoms with Crippen LogP contribution in [0.2, 0.25) is 0 Å². The van der Waals surface area contributed by atoms with E-state index in [1.54, 1.807) is 29.4 Å². The summed E-state index contributed by atoms with van der Waals surface area (Å²) >= 11 is 0. The first-order valence-corrected chi connectivity index (χ1v) is 12.3. The van der Waals surface area contributed by atoms with E-state index in [4.69, 9.17) is 4.74 Å². The number of hydrogen-bond acceptors (Lipinski definition) is 5. The third kappa shape index (κ3) is 4.45. The number of urea groups is 1. The molecule has 0 aliphatic carbocycles. The van der Waals surface area contributed by atoms with Crippen molar-refractivity contribution in [3.05, 3.63) is 65.5 Å². The van der Waals surface area contributed by atoms with Gasteiger partial charge in [-0.3, -0.25) is 19.5 Å². The molecule has 3 aliphatic heterocycles. The van der Waals surface area contributed by atoms with Crippen molar-refractivity contribution in [2.24, 2.45) is 5.92 Å². The van der Waals surface area contributed by atoms with Gasteiger partial charge >= 0.3 is 6.03 Å². The summed E-state index contributed by atoms with van der Waals surface area (Å²) in [6, 6.07) is 6.11. The van der Waals surface area contributed by atoms with Crippen molar-refractivity contribution in [2.75, 3.05) is 26.2 Å². The Morgan fingerprint density at radius 2 is 1.97 bits per heavy atom. The Labute approximate surface area is 207 Å². The molecular formula is C26H28F2N4O4. The number of nitrogens with one attached hydrogen (secondary N) is 1. The molecule has 3 saturated heterocycles. The summed E-state index contributed by atoms with van der Waals surface area (Å²) in [5.41, 5.74) is -0.671. The second-order valence-electron chi connectivity index (χ2n) is 9.60. The number of rotatable bonds is 6. The number of ether oxygens (including phenoxy) is 1. The molecule has 0 spiro atoms. The average Bonchev–Trinajstić information content (AvgIpc) is 3.49. The average molecular weight is 499 g/mol.